The lowest BCUT2D eigenvalue weighted by Gasteiger charge is -2.19. The van der Waals surface area contributed by atoms with Crippen molar-refractivity contribution in [3.63, 3.8) is 0 Å². The molecule has 13 heavy (non-hydrogen) atoms. The maximum atomic E-state index is 11.1. The van der Waals surface area contributed by atoms with Crippen molar-refractivity contribution in [2.75, 3.05) is 5.75 Å². The van der Waals surface area contributed by atoms with E-state index in [1.54, 1.807) is 20.8 Å². The molecule has 0 aromatic rings. The minimum atomic E-state index is -0.471. The summed E-state index contributed by atoms with van der Waals surface area (Å²) in [7, 11) is 0. The van der Waals surface area contributed by atoms with Crippen LogP contribution in [0.3, 0.4) is 0 Å². The summed E-state index contributed by atoms with van der Waals surface area (Å²) in [6, 6.07) is 0. The Morgan fingerprint density at radius 1 is 1.23 bits per heavy atom. The zero-order valence-electron chi connectivity index (χ0n) is 8.29. The number of esters is 1. The van der Waals surface area contributed by atoms with Gasteiger partial charge in [-0.05, 0) is 20.8 Å². The van der Waals surface area contributed by atoms with Gasteiger partial charge in [0, 0.05) is 12.2 Å². The fraction of sp³-hybridized carbons (Fsp3) is 0.778. The van der Waals surface area contributed by atoms with Gasteiger partial charge in [0.05, 0.1) is 6.42 Å². The van der Waals surface area contributed by atoms with E-state index in [0.717, 1.165) is 0 Å². The van der Waals surface area contributed by atoms with Crippen LogP contribution in [0.4, 0.5) is 0 Å². The lowest BCUT2D eigenvalue weighted by molar-refractivity contribution is -0.155. The smallest absolute Gasteiger partial charge is 0.306 e. The molecule has 0 unspecified atom stereocenters. The maximum Gasteiger partial charge on any atom is 0.306 e. The van der Waals surface area contributed by atoms with Gasteiger partial charge < -0.3 is 4.74 Å². The third kappa shape index (κ3) is 7.84. The van der Waals surface area contributed by atoms with Gasteiger partial charge in [0.2, 0.25) is 0 Å². The first-order chi connectivity index (χ1) is 5.85. The Labute approximate surface area is 84.3 Å². The van der Waals surface area contributed by atoms with E-state index in [-0.39, 0.29) is 30.3 Å². The SMILES string of the molecule is CC(C)(C)OC(=O)CCC(=O)CS. The van der Waals surface area contributed by atoms with Crippen molar-refractivity contribution in [3.8, 4) is 0 Å². The van der Waals surface area contributed by atoms with Crippen molar-refractivity contribution >= 4 is 24.4 Å². The topological polar surface area (TPSA) is 43.4 Å². The molecule has 0 amide bonds. The molecule has 0 aromatic heterocycles. The average molecular weight is 204 g/mol. The maximum absolute atomic E-state index is 11.1. The summed E-state index contributed by atoms with van der Waals surface area (Å²) in [6.07, 6.45) is 0.370. The molecule has 76 valence electrons. The zero-order valence-corrected chi connectivity index (χ0v) is 9.19. The van der Waals surface area contributed by atoms with Gasteiger partial charge in [-0.15, -0.1) is 0 Å². The number of carbonyl (C=O) groups is 2. The summed E-state index contributed by atoms with van der Waals surface area (Å²) in [5, 5.41) is 0. The second-order valence-electron chi connectivity index (χ2n) is 3.78. The van der Waals surface area contributed by atoms with Gasteiger partial charge in [0.25, 0.3) is 0 Å². The number of carbonyl (C=O) groups excluding carboxylic acids is 2. The van der Waals surface area contributed by atoms with Crippen molar-refractivity contribution in [2.45, 2.75) is 39.2 Å². The van der Waals surface area contributed by atoms with Gasteiger partial charge in [-0.1, -0.05) is 0 Å². The second-order valence-corrected chi connectivity index (χ2v) is 4.10. The molecular weight excluding hydrogens is 188 g/mol. The van der Waals surface area contributed by atoms with Gasteiger partial charge in [0.1, 0.15) is 11.4 Å². The highest BCUT2D eigenvalue weighted by Gasteiger charge is 2.16. The van der Waals surface area contributed by atoms with Gasteiger partial charge in [-0.2, -0.15) is 12.6 Å². The second kappa shape index (κ2) is 5.27. The van der Waals surface area contributed by atoms with Gasteiger partial charge in [-0.3, -0.25) is 9.59 Å². The molecule has 0 bridgehead atoms. The number of thiol groups is 1. The number of hydrogen-bond acceptors (Lipinski definition) is 4. The fourth-order valence-electron chi connectivity index (χ4n) is 0.713. The number of Topliss-reactive ketones (excluding diaryl/α,β-unsaturated/α-hetero) is 1. The third-order valence-corrected chi connectivity index (χ3v) is 1.56. The summed E-state index contributed by atoms with van der Waals surface area (Å²) >= 11 is 3.80. The molecule has 0 radical (unpaired) electrons. The molecule has 0 N–H and O–H groups in total. The van der Waals surface area contributed by atoms with Crippen molar-refractivity contribution in [3.05, 3.63) is 0 Å². The summed E-state index contributed by atoms with van der Waals surface area (Å²) in [5.41, 5.74) is -0.471. The normalized spacial score (nSPS) is 11.1. The summed E-state index contributed by atoms with van der Waals surface area (Å²) < 4.78 is 5.02. The van der Waals surface area contributed by atoms with E-state index in [1.807, 2.05) is 0 Å². The van der Waals surface area contributed by atoms with Crippen molar-refractivity contribution in [1.29, 1.82) is 0 Å². The number of ether oxygens (including phenoxy) is 1. The van der Waals surface area contributed by atoms with Crippen LogP contribution in [-0.2, 0) is 14.3 Å². The Kier molecular flexibility index (Phi) is 5.06. The summed E-state index contributed by atoms with van der Waals surface area (Å²) in [4.78, 5) is 21.9. The molecule has 3 nitrogen and oxygen atoms in total. The number of hydrogen-bond donors (Lipinski definition) is 1. The van der Waals surface area contributed by atoms with Crippen LogP contribution in [0.5, 0.6) is 0 Å². The highest BCUT2D eigenvalue weighted by molar-refractivity contribution is 7.81. The van der Waals surface area contributed by atoms with E-state index in [4.69, 9.17) is 4.74 Å². The van der Waals surface area contributed by atoms with Crippen LogP contribution in [0.1, 0.15) is 33.6 Å². The standard InChI is InChI=1S/C9H16O3S/c1-9(2,3)12-8(11)5-4-7(10)6-13/h13H,4-6H2,1-3H3. The minimum Gasteiger partial charge on any atom is -0.460 e. The molecule has 0 saturated carbocycles. The van der Waals surface area contributed by atoms with Gasteiger partial charge in [-0.25, -0.2) is 0 Å². The summed E-state index contributed by atoms with van der Waals surface area (Å²) in [6.45, 7) is 5.39. The van der Waals surface area contributed by atoms with E-state index in [9.17, 15) is 9.59 Å². The molecule has 4 heteroatoms. The Morgan fingerprint density at radius 2 is 1.77 bits per heavy atom. The first-order valence-electron chi connectivity index (χ1n) is 4.19. The van der Waals surface area contributed by atoms with Gasteiger partial charge in [0.15, 0.2) is 0 Å². The van der Waals surface area contributed by atoms with Gasteiger partial charge >= 0.3 is 5.97 Å². The molecule has 0 aliphatic carbocycles. The van der Waals surface area contributed by atoms with Crippen molar-refractivity contribution < 1.29 is 14.3 Å². The van der Waals surface area contributed by atoms with E-state index >= 15 is 0 Å². The van der Waals surface area contributed by atoms with E-state index in [0.29, 0.717) is 0 Å². The van der Waals surface area contributed by atoms with E-state index in [1.165, 1.54) is 0 Å². The van der Waals surface area contributed by atoms with E-state index < -0.39 is 5.60 Å². The zero-order chi connectivity index (χ0) is 10.5. The molecule has 0 rings (SSSR count). The van der Waals surface area contributed by atoms with Crippen molar-refractivity contribution in [1.82, 2.24) is 0 Å². The quantitative estimate of drug-likeness (QED) is 0.559. The molecular formula is C9H16O3S. The van der Waals surface area contributed by atoms with E-state index in [2.05, 4.69) is 12.6 Å². The molecule has 0 atom stereocenters. The van der Waals surface area contributed by atoms with Crippen LogP contribution in [0, 0.1) is 0 Å². The Bertz CT molecular complexity index is 194. The average Bonchev–Trinajstić information content (AvgIpc) is 1.97. The Morgan fingerprint density at radius 3 is 2.15 bits per heavy atom. The lowest BCUT2D eigenvalue weighted by Crippen LogP contribution is -2.24. The summed E-state index contributed by atoms with van der Waals surface area (Å²) in [5.74, 6) is -0.181. The Balaban J connectivity index is 3.71. The highest BCUT2D eigenvalue weighted by atomic mass is 32.1. The number of ketones is 1. The first kappa shape index (κ1) is 12.5. The molecule has 0 aliphatic heterocycles. The third-order valence-electron chi connectivity index (χ3n) is 1.20. The minimum absolute atomic E-state index is 0.0332. The monoisotopic (exact) mass is 204 g/mol. The van der Waals surface area contributed by atoms with Crippen LogP contribution in [0.25, 0.3) is 0 Å². The molecule has 0 heterocycles. The highest BCUT2D eigenvalue weighted by Crippen LogP contribution is 2.09. The van der Waals surface area contributed by atoms with Crippen LogP contribution >= 0.6 is 12.6 Å². The predicted molar refractivity (Wildman–Crippen MR) is 53.9 cm³/mol. The molecule has 0 saturated heterocycles. The molecule has 0 aliphatic rings. The molecule has 0 spiro atoms. The predicted octanol–water partition coefficient (Wildman–Crippen LogP) is 1.61. The Hall–Kier alpha value is -0.510. The van der Waals surface area contributed by atoms with Crippen LogP contribution in [-0.4, -0.2) is 23.1 Å². The van der Waals surface area contributed by atoms with Crippen LogP contribution in [0.2, 0.25) is 0 Å². The first-order valence-corrected chi connectivity index (χ1v) is 4.83. The van der Waals surface area contributed by atoms with Crippen molar-refractivity contribution in [2.24, 2.45) is 0 Å². The number of rotatable bonds is 4. The fourth-order valence-corrected chi connectivity index (χ4v) is 0.871. The van der Waals surface area contributed by atoms with Crippen LogP contribution in [0.15, 0.2) is 0 Å². The lowest BCUT2D eigenvalue weighted by atomic mass is 10.2. The largest absolute Gasteiger partial charge is 0.460 e. The molecule has 0 aromatic carbocycles. The molecule has 0 fully saturated rings. The van der Waals surface area contributed by atoms with Crippen LogP contribution < -0.4 is 0 Å².